The summed E-state index contributed by atoms with van der Waals surface area (Å²) in [6.07, 6.45) is 1.52. The van der Waals surface area contributed by atoms with Crippen molar-refractivity contribution in [3.05, 3.63) is 58.2 Å². The molecule has 31 heavy (non-hydrogen) atoms. The number of amides is 1. The molecule has 0 spiro atoms. The van der Waals surface area contributed by atoms with Crippen molar-refractivity contribution in [2.45, 2.75) is 45.8 Å². The second-order valence-electron chi connectivity index (χ2n) is 7.76. The summed E-state index contributed by atoms with van der Waals surface area (Å²) in [5.74, 6) is -1.68. The first-order valence-electron chi connectivity index (χ1n) is 10.2. The Morgan fingerprint density at radius 3 is 2.52 bits per heavy atom. The fourth-order valence-corrected chi connectivity index (χ4v) is 3.96. The third-order valence-electron chi connectivity index (χ3n) is 5.70. The molecular weight excluding hydrogens is 403 g/mol. The van der Waals surface area contributed by atoms with E-state index in [1.807, 2.05) is 0 Å². The predicted molar refractivity (Wildman–Crippen MR) is 112 cm³/mol. The minimum absolute atomic E-state index is 0.168. The van der Waals surface area contributed by atoms with Crippen LogP contribution in [0, 0.1) is 19.7 Å². The molecule has 1 aliphatic rings. The van der Waals surface area contributed by atoms with Gasteiger partial charge in [0.25, 0.3) is 5.91 Å². The lowest BCUT2D eigenvalue weighted by Gasteiger charge is -2.31. The molecule has 1 saturated heterocycles. The number of hydrogen-bond donors (Lipinski definition) is 1. The first kappa shape index (κ1) is 22.7. The number of benzene rings is 1. The van der Waals surface area contributed by atoms with Crippen molar-refractivity contribution in [3.63, 3.8) is 0 Å². The summed E-state index contributed by atoms with van der Waals surface area (Å²) in [5, 5.41) is 0. The summed E-state index contributed by atoms with van der Waals surface area (Å²) < 4.78 is 23.8. The molecule has 8 heteroatoms. The Morgan fingerprint density at radius 2 is 1.94 bits per heavy atom. The molecule has 2 aromatic rings. The van der Waals surface area contributed by atoms with Crippen LogP contribution in [0.3, 0.4) is 0 Å². The summed E-state index contributed by atoms with van der Waals surface area (Å²) in [6.45, 7) is 5.88. The Hall–Kier alpha value is -3.00. The zero-order valence-electron chi connectivity index (χ0n) is 18.2. The van der Waals surface area contributed by atoms with Gasteiger partial charge in [-0.3, -0.25) is 9.59 Å². The van der Waals surface area contributed by atoms with E-state index in [9.17, 15) is 18.8 Å². The van der Waals surface area contributed by atoms with E-state index in [1.54, 1.807) is 20.8 Å². The number of aromatic nitrogens is 1. The van der Waals surface area contributed by atoms with E-state index in [1.165, 1.54) is 36.3 Å². The van der Waals surface area contributed by atoms with Crippen LogP contribution in [0.2, 0.25) is 0 Å². The van der Waals surface area contributed by atoms with Crippen molar-refractivity contribution >= 4 is 17.7 Å². The van der Waals surface area contributed by atoms with Crippen LogP contribution in [0.5, 0.6) is 0 Å². The largest absolute Gasteiger partial charge is 0.464 e. The number of rotatable bonds is 7. The van der Waals surface area contributed by atoms with Crippen LogP contribution in [0.1, 0.15) is 62.2 Å². The van der Waals surface area contributed by atoms with E-state index >= 15 is 0 Å². The summed E-state index contributed by atoms with van der Waals surface area (Å²) in [6, 6.07) is 4.42. The maximum atomic E-state index is 13.4. The zero-order valence-corrected chi connectivity index (χ0v) is 18.2. The molecule has 1 amide bonds. The number of esters is 1. The van der Waals surface area contributed by atoms with Gasteiger partial charge >= 0.3 is 5.97 Å². The Bertz CT molecular complexity index is 977. The lowest BCUT2D eigenvalue weighted by molar-refractivity contribution is 0.0410. The molecule has 0 bridgehead atoms. The highest BCUT2D eigenvalue weighted by molar-refractivity contribution is 6.07. The zero-order chi connectivity index (χ0) is 22.7. The first-order valence-corrected chi connectivity index (χ1v) is 10.2. The van der Waals surface area contributed by atoms with Crippen LogP contribution in [0.15, 0.2) is 24.3 Å². The van der Waals surface area contributed by atoms with E-state index in [0.29, 0.717) is 23.4 Å². The Kier molecular flexibility index (Phi) is 6.90. The number of H-pyrrole nitrogens is 1. The fourth-order valence-electron chi connectivity index (χ4n) is 3.96. The van der Waals surface area contributed by atoms with Gasteiger partial charge in [0.2, 0.25) is 0 Å². The molecule has 1 aromatic carbocycles. The molecule has 1 aliphatic heterocycles. The van der Waals surface area contributed by atoms with E-state index in [2.05, 4.69) is 4.98 Å². The normalized spacial score (nSPS) is 16.7. The predicted octanol–water partition coefficient (Wildman–Crippen LogP) is 3.45. The topological polar surface area (TPSA) is 88.7 Å². The number of methoxy groups -OCH3 is 1. The van der Waals surface area contributed by atoms with Gasteiger partial charge in [0.1, 0.15) is 11.5 Å². The average Bonchev–Trinajstić information content (AvgIpc) is 3.38. The molecule has 2 heterocycles. The second-order valence-corrected chi connectivity index (χ2v) is 7.76. The molecule has 0 aliphatic carbocycles. The number of nitrogens with zero attached hydrogens (tertiary/aromatic N) is 1. The quantitative estimate of drug-likeness (QED) is 0.537. The van der Waals surface area contributed by atoms with Crippen LogP contribution in [0.4, 0.5) is 4.39 Å². The molecule has 1 N–H and O–H groups in total. The number of aryl methyl sites for hydroxylation is 1. The number of aromatic amines is 1. The van der Waals surface area contributed by atoms with Crippen LogP contribution in [0.25, 0.3) is 0 Å². The van der Waals surface area contributed by atoms with Gasteiger partial charge in [-0.25, -0.2) is 9.18 Å². The van der Waals surface area contributed by atoms with Crippen LogP contribution in [-0.4, -0.2) is 60.0 Å². The molecule has 7 nitrogen and oxygen atoms in total. The van der Waals surface area contributed by atoms with E-state index < -0.39 is 17.8 Å². The lowest BCUT2D eigenvalue weighted by atomic mass is 9.98. The summed E-state index contributed by atoms with van der Waals surface area (Å²) in [7, 11) is 1.27. The molecule has 0 saturated carbocycles. The number of ether oxygens (including phenoxy) is 2. The third-order valence-corrected chi connectivity index (χ3v) is 5.70. The van der Waals surface area contributed by atoms with Gasteiger partial charge in [-0.15, -0.1) is 0 Å². The van der Waals surface area contributed by atoms with Crippen molar-refractivity contribution in [2.75, 3.05) is 20.3 Å². The molecule has 166 valence electrons. The highest BCUT2D eigenvalue weighted by atomic mass is 19.1. The van der Waals surface area contributed by atoms with Crippen molar-refractivity contribution in [2.24, 2.45) is 0 Å². The Balaban J connectivity index is 1.93. The van der Waals surface area contributed by atoms with Crippen molar-refractivity contribution in [3.8, 4) is 0 Å². The van der Waals surface area contributed by atoms with Gasteiger partial charge in [0.15, 0.2) is 5.78 Å². The van der Waals surface area contributed by atoms with Gasteiger partial charge < -0.3 is 19.4 Å². The number of carbonyl (C=O) groups is 3. The van der Waals surface area contributed by atoms with E-state index in [4.69, 9.17) is 9.47 Å². The molecule has 0 radical (unpaired) electrons. The fraction of sp³-hybridized carbons (Fsp3) is 0.435. The maximum absolute atomic E-state index is 13.4. The second kappa shape index (κ2) is 9.43. The number of hydrogen-bond acceptors (Lipinski definition) is 5. The van der Waals surface area contributed by atoms with Gasteiger partial charge in [0.05, 0.1) is 19.3 Å². The highest BCUT2D eigenvalue weighted by Gasteiger charge is 2.33. The van der Waals surface area contributed by atoms with Crippen molar-refractivity contribution in [1.82, 2.24) is 9.88 Å². The molecule has 1 aromatic heterocycles. The number of nitrogens with one attached hydrogen (secondary N) is 1. The molecule has 2 unspecified atom stereocenters. The van der Waals surface area contributed by atoms with Crippen LogP contribution >= 0.6 is 0 Å². The number of carbonyl (C=O) groups excluding carboxylic acids is 3. The van der Waals surface area contributed by atoms with Crippen molar-refractivity contribution < 1.29 is 28.2 Å². The number of halogens is 1. The molecule has 3 rings (SSSR count). The molecular formula is C23H27FN2O5. The minimum Gasteiger partial charge on any atom is -0.464 e. The smallest absolute Gasteiger partial charge is 0.354 e. The van der Waals surface area contributed by atoms with Crippen LogP contribution in [-0.2, 0) is 9.47 Å². The number of ketones is 1. The summed E-state index contributed by atoms with van der Waals surface area (Å²) in [5.41, 5.74) is 1.87. The lowest BCUT2D eigenvalue weighted by Crippen LogP contribution is -2.47. The Labute approximate surface area is 180 Å². The molecule has 2 atom stereocenters. The van der Waals surface area contributed by atoms with Gasteiger partial charge in [-0.2, -0.15) is 0 Å². The molecule has 1 fully saturated rings. The standard InChI is InChI=1S/C23H27FN2O5/c1-13-19(14(2)25-20(13)23(29)30-4)21(27)15(3)26(12-18-6-5-11-31-18)22(28)16-7-9-17(24)10-8-16/h7-10,15,18,25H,5-6,11-12H2,1-4H3. The van der Waals surface area contributed by atoms with E-state index in [-0.39, 0.29) is 35.6 Å². The van der Waals surface area contributed by atoms with Crippen LogP contribution < -0.4 is 0 Å². The van der Waals surface area contributed by atoms with Gasteiger partial charge in [0, 0.05) is 30.0 Å². The number of Topliss-reactive ketones (excluding diaryl/α,β-unsaturated/α-hetero) is 1. The minimum atomic E-state index is -0.819. The van der Waals surface area contributed by atoms with Gasteiger partial charge in [-0.1, -0.05) is 0 Å². The van der Waals surface area contributed by atoms with E-state index in [0.717, 1.165) is 12.8 Å². The SMILES string of the molecule is COC(=O)c1[nH]c(C)c(C(=O)C(C)N(CC2CCCO2)C(=O)c2ccc(F)cc2)c1C. The third kappa shape index (κ3) is 4.69. The van der Waals surface area contributed by atoms with Gasteiger partial charge in [-0.05, 0) is 63.4 Å². The summed E-state index contributed by atoms with van der Waals surface area (Å²) in [4.78, 5) is 43.1. The Morgan fingerprint density at radius 1 is 1.26 bits per heavy atom. The van der Waals surface area contributed by atoms with Crippen molar-refractivity contribution in [1.29, 1.82) is 0 Å². The monoisotopic (exact) mass is 430 g/mol. The average molecular weight is 430 g/mol. The highest BCUT2D eigenvalue weighted by Crippen LogP contribution is 2.24. The maximum Gasteiger partial charge on any atom is 0.354 e. The summed E-state index contributed by atoms with van der Waals surface area (Å²) >= 11 is 0. The first-order chi connectivity index (χ1) is 14.7.